The van der Waals surface area contributed by atoms with E-state index in [4.69, 9.17) is 0 Å². The molecule has 0 aliphatic carbocycles. The van der Waals surface area contributed by atoms with Gasteiger partial charge >= 0.3 is 0 Å². The van der Waals surface area contributed by atoms with E-state index in [1.807, 2.05) is 12.1 Å². The molecule has 0 aliphatic heterocycles. The Morgan fingerprint density at radius 1 is 0.667 bits per heavy atom. The molecule has 0 aliphatic rings. The molecule has 0 saturated heterocycles. The van der Waals surface area contributed by atoms with Gasteiger partial charge in [0.1, 0.15) is 11.3 Å². The first-order valence-corrected chi connectivity index (χ1v) is 14.3. The fourth-order valence-corrected chi connectivity index (χ4v) is 5.82. The van der Waals surface area contributed by atoms with Crippen LogP contribution in [0.5, 0.6) is 5.75 Å². The van der Waals surface area contributed by atoms with Crippen LogP contribution in [-0.2, 0) is 17.9 Å². The van der Waals surface area contributed by atoms with E-state index in [0.717, 1.165) is 16.7 Å². The van der Waals surface area contributed by atoms with Crippen molar-refractivity contribution in [2.75, 3.05) is 0 Å². The van der Waals surface area contributed by atoms with Crippen molar-refractivity contribution in [3.63, 3.8) is 0 Å². The smallest absolute Gasteiger partial charge is 0.265 e. The third-order valence-corrected chi connectivity index (χ3v) is 8.39. The number of carbonyl (C=O) groups is 1. The number of aromatic nitrogens is 2. The second-order valence-corrected chi connectivity index (χ2v) is 13.3. The lowest BCUT2D eigenvalue weighted by atomic mass is 9.85. The molecule has 5 nitrogen and oxygen atoms in total. The van der Waals surface area contributed by atoms with Gasteiger partial charge in [0.05, 0.1) is 16.6 Å². The zero-order valence-corrected chi connectivity index (χ0v) is 25.2. The van der Waals surface area contributed by atoms with E-state index < -0.39 is 11.3 Å². The molecular weight excluding hydrogens is 520 g/mol. The predicted octanol–water partition coefficient (Wildman–Crippen LogP) is 8.17. The summed E-state index contributed by atoms with van der Waals surface area (Å²) in [6, 6.07) is 27.7. The van der Waals surface area contributed by atoms with Crippen LogP contribution in [0.1, 0.15) is 68.6 Å². The largest absolute Gasteiger partial charge is 0.506 e. The number of aryl methyl sites for hydroxylation is 1. The van der Waals surface area contributed by atoms with Crippen molar-refractivity contribution >= 4 is 38.5 Å². The molecule has 1 N–H and O–H groups in total. The Bertz CT molecular complexity index is 2030. The molecule has 6 aromatic rings. The first-order chi connectivity index (χ1) is 19.8. The molecule has 0 unspecified atom stereocenters. The van der Waals surface area contributed by atoms with E-state index in [9.17, 15) is 14.7 Å². The molecule has 0 saturated carbocycles. The summed E-state index contributed by atoms with van der Waals surface area (Å²) in [5, 5.41) is 13.8. The Hall–Kier alpha value is -4.64. The highest BCUT2D eigenvalue weighted by Crippen LogP contribution is 2.37. The molecule has 2 heterocycles. The number of carbonyl (C=O) groups excluding carboxylic acids is 1. The van der Waals surface area contributed by atoms with Crippen LogP contribution in [0.3, 0.4) is 0 Å². The van der Waals surface area contributed by atoms with Gasteiger partial charge in [0.25, 0.3) is 5.56 Å². The zero-order valence-electron chi connectivity index (χ0n) is 25.2. The Morgan fingerprint density at radius 3 is 1.71 bits per heavy atom. The quantitative estimate of drug-likeness (QED) is 0.224. The molecule has 0 radical (unpaired) electrons. The van der Waals surface area contributed by atoms with Crippen molar-refractivity contribution < 1.29 is 9.90 Å². The summed E-state index contributed by atoms with van der Waals surface area (Å²) in [6.07, 6.45) is 0. The number of hydrogen-bond donors (Lipinski definition) is 1. The lowest BCUT2D eigenvalue weighted by Gasteiger charge is -2.19. The van der Waals surface area contributed by atoms with Crippen LogP contribution in [0.2, 0.25) is 0 Å². The van der Waals surface area contributed by atoms with Gasteiger partial charge in [0.2, 0.25) is 5.78 Å². The summed E-state index contributed by atoms with van der Waals surface area (Å²) in [4.78, 5) is 26.7. The number of aromatic hydroxyl groups is 1. The van der Waals surface area contributed by atoms with Crippen LogP contribution < -0.4 is 5.56 Å². The van der Waals surface area contributed by atoms with E-state index in [2.05, 4.69) is 82.5 Å². The molecule has 0 bridgehead atoms. The maximum Gasteiger partial charge on any atom is 0.265 e. The molecule has 212 valence electrons. The average molecular weight is 557 g/mol. The van der Waals surface area contributed by atoms with E-state index in [-0.39, 0.29) is 22.1 Å². The molecule has 5 heteroatoms. The minimum absolute atomic E-state index is 0.0115. The van der Waals surface area contributed by atoms with Gasteiger partial charge in [-0.05, 0) is 82.6 Å². The van der Waals surface area contributed by atoms with Crippen molar-refractivity contribution in [2.24, 2.45) is 7.05 Å². The second kappa shape index (κ2) is 9.45. The lowest BCUT2D eigenvalue weighted by Crippen LogP contribution is -2.25. The fraction of sp³-hybridized carbons (Fsp3) is 0.243. The Labute approximate surface area is 245 Å². The van der Waals surface area contributed by atoms with Crippen molar-refractivity contribution in [1.82, 2.24) is 9.13 Å². The normalized spacial score (nSPS) is 12.5. The van der Waals surface area contributed by atoms with Gasteiger partial charge in [-0.2, -0.15) is 0 Å². The molecule has 42 heavy (non-hydrogen) atoms. The summed E-state index contributed by atoms with van der Waals surface area (Å²) in [7, 11) is 1.61. The molecule has 6 rings (SSSR count). The van der Waals surface area contributed by atoms with Gasteiger partial charge in [-0.15, -0.1) is 0 Å². The summed E-state index contributed by atoms with van der Waals surface area (Å²) >= 11 is 0. The SMILES string of the molecule is Cn1c(=O)c(C(=O)c2ccc(-n3c4ccc(C(C)(C)C)cc4c4cc(C(C)(C)C)ccc43)cc2)c(O)c2ccccc21. The van der Waals surface area contributed by atoms with Gasteiger partial charge in [-0.3, -0.25) is 9.59 Å². The summed E-state index contributed by atoms with van der Waals surface area (Å²) in [5.41, 5.74) is 5.82. The predicted molar refractivity (Wildman–Crippen MR) is 172 cm³/mol. The lowest BCUT2D eigenvalue weighted by molar-refractivity contribution is 0.103. The van der Waals surface area contributed by atoms with Crippen LogP contribution in [0, 0.1) is 0 Å². The number of benzene rings is 4. The number of fused-ring (bicyclic) bond motifs is 4. The molecular formula is C37H36N2O3. The monoisotopic (exact) mass is 556 g/mol. The number of para-hydroxylation sites is 1. The molecule has 0 spiro atoms. The summed E-state index contributed by atoms with van der Waals surface area (Å²) in [5.74, 6) is -0.785. The number of pyridine rings is 1. The highest BCUT2D eigenvalue weighted by molar-refractivity contribution is 6.13. The Kier molecular flexibility index (Phi) is 6.19. The molecule has 0 amide bonds. The standard InChI is InChI=1S/C37H36N2O3/c1-36(2,3)23-14-18-30-27(20-23)28-21-24(37(4,5)6)15-19-31(28)39(30)25-16-12-22(13-17-25)33(40)32-34(41)26-10-8-9-11-29(26)38(7)35(32)42/h8-21,41H,1-7H3. The molecule has 0 fully saturated rings. The molecule has 2 aromatic heterocycles. The van der Waals surface area contributed by atoms with E-state index >= 15 is 0 Å². The fourth-order valence-electron chi connectivity index (χ4n) is 5.82. The maximum absolute atomic E-state index is 13.6. The van der Waals surface area contributed by atoms with Crippen LogP contribution in [0.25, 0.3) is 38.4 Å². The van der Waals surface area contributed by atoms with Gasteiger partial charge in [0, 0.05) is 34.5 Å². The number of nitrogens with zero attached hydrogens (tertiary/aromatic N) is 2. The van der Waals surface area contributed by atoms with Crippen molar-refractivity contribution in [3.8, 4) is 11.4 Å². The molecule has 4 aromatic carbocycles. The first kappa shape index (κ1) is 27.5. The van der Waals surface area contributed by atoms with E-state index in [1.54, 1.807) is 43.4 Å². The van der Waals surface area contributed by atoms with Crippen LogP contribution >= 0.6 is 0 Å². The van der Waals surface area contributed by atoms with Crippen molar-refractivity contribution in [3.05, 3.63) is 118 Å². The first-order valence-electron chi connectivity index (χ1n) is 14.3. The van der Waals surface area contributed by atoms with Gasteiger partial charge < -0.3 is 14.2 Å². The highest BCUT2D eigenvalue weighted by Gasteiger charge is 2.24. The zero-order chi connectivity index (χ0) is 30.1. The van der Waals surface area contributed by atoms with Gasteiger partial charge in [-0.25, -0.2) is 0 Å². The minimum atomic E-state index is -0.521. The molecule has 0 atom stereocenters. The van der Waals surface area contributed by atoms with Crippen LogP contribution in [-0.4, -0.2) is 20.0 Å². The summed E-state index contributed by atoms with van der Waals surface area (Å²) < 4.78 is 3.64. The van der Waals surface area contributed by atoms with Crippen molar-refractivity contribution in [2.45, 2.75) is 52.4 Å². The van der Waals surface area contributed by atoms with Gasteiger partial charge in [0.15, 0.2) is 0 Å². The van der Waals surface area contributed by atoms with Crippen LogP contribution in [0.4, 0.5) is 0 Å². The van der Waals surface area contributed by atoms with Crippen LogP contribution in [0.15, 0.2) is 89.7 Å². The third-order valence-electron chi connectivity index (χ3n) is 8.39. The Balaban J connectivity index is 1.51. The number of hydrogen-bond acceptors (Lipinski definition) is 3. The van der Waals surface area contributed by atoms with Crippen molar-refractivity contribution in [1.29, 1.82) is 0 Å². The third kappa shape index (κ3) is 4.32. The summed E-state index contributed by atoms with van der Waals surface area (Å²) in [6.45, 7) is 13.4. The average Bonchev–Trinajstić information content (AvgIpc) is 3.28. The van der Waals surface area contributed by atoms with Gasteiger partial charge in [-0.1, -0.05) is 65.8 Å². The topological polar surface area (TPSA) is 64.2 Å². The van der Waals surface area contributed by atoms with E-state index in [0.29, 0.717) is 16.5 Å². The minimum Gasteiger partial charge on any atom is -0.506 e. The Morgan fingerprint density at radius 2 is 1.19 bits per heavy atom. The highest BCUT2D eigenvalue weighted by atomic mass is 16.3. The van der Waals surface area contributed by atoms with E-state index in [1.165, 1.54) is 26.5 Å². The number of rotatable bonds is 3. The number of ketones is 1. The second-order valence-electron chi connectivity index (χ2n) is 13.3. The maximum atomic E-state index is 13.6.